The Kier molecular flexibility index (Phi) is 2.62. The summed E-state index contributed by atoms with van der Waals surface area (Å²) in [5.41, 5.74) is 1.05. The average molecular weight is 194 g/mol. The Morgan fingerprint density at radius 2 is 1.86 bits per heavy atom. The molecule has 2 aliphatic rings. The molecule has 0 aromatic heterocycles. The van der Waals surface area contributed by atoms with Crippen molar-refractivity contribution < 1.29 is 9.53 Å². The zero-order valence-electron chi connectivity index (χ0n) is 8.84. The summed E-state index contributed by atoms with van der Waals surface area (Å²) in [6, 6.07) is 0. The van der Waals surface area contributed by atoms with Crippen molar-refractivity contribution in [3.63, 3.8) is 0 Å². The minimum atomic E-state index is -0.133. The minimum absolute atomic E-state index is 0.129. The molecule has 2 nitrogen and oxygen atoms in total. The molecule has 0 unspecified atom stereocenters. The van der Waals surface area contributed by atoms with Crippen LogP contribution in [0.25, 0.3) is 0 Å². The summed E-state index contributed by atoms with van der Waals surface area (Å²) < 4.78 is 5.55. The molecule has 0 amide bonds. The van der Waals surface area contributed by atoms with Gasteiger partial charge in [-0.25, -0.2) is 4.79 Å². The zero-order valence-corrected chi connectivity index (χ0v) is 8.84. The molecule has 1 saturated carbocycles. The molecule has 0 aromatic rings. The standard InChI is InChI=1S/C12H18O2/c1-10-8-11(13)14-12(9-10)6-4-2-3-5-7-12/h8H,2-7,9H2,1H3. The van der Waals surface area contributed by atoms with Crippen LogP contribution in [-0.4, -0.2) is 11.6 Å². The Bertz CT molecular complexity index is 257. The van der Waals surface area contributed by atoms with Crippen LogP contribution in [0.3, 0.4) is 0 Å². The number of esters is 1. The minimum Gasteiger partial charge on any atom is -0.456 e. The molecule has 1 heterocycles. The highest BCUT2D eigenvalue weighted by molar-refractivity contribution is 5.84. The summed E-state index contributed by atoms with van der Waals surface area (Å²) in [6.07, 6.45) is 9.72. The van der Waals surface area contributed by atoms with Crippen LogP contribution < -0.4 is 0 Å². The highest BCUT2D eigenvalue weighted by Crippen LogP contribution is 2.37. The van der Waals surface area contributed by atoms with Gasteiger partial charge in [-0.2, -0.15) is 0 Å². The summed E-state index contributed by atoms with van der Waals surface area (Å²) in [7, 11) is 0. The monoisotopic (exact) mass is 194 g/mol. The fourth-order valence-corrected chi connectivity index (χ4v) is 2.69. The highest BCUT2D eigenvalue weighted by atomic mass is 16.6. The average Bonchev–Trinajstić information content (AvgIpc) is 2.28. The molecule has 1 fully saturated rings. The van der Waals surface area contributed by atoms with E-state index in [0.717, 1.165) is 19.3 Å². The van der Waals surface area contributed by atoms with Gasteiger partial charge in [0, 0.05) is 12.5 Å². The second-order valence-electron chi connectivity index (χ2n) is 4.69. The summed E-state index contributed by atoms with van der Waals surface area (Å²) in [5, 5.41) is 0. The fraction of sp³-hybridized carbons (Fsp3) is 0.750. The molecular weight excluding hydrogens is 176 g/mol. The van der Waals surface area contributed by atoms with E-state index in [2.05, 4.69) is 0 Å². The molecule has 0 N–H and O–H groups in total. The predicted molar refractivity (Wildman–Crippen MR) is 54.9 cm³/mol. The Labute approximate surface area is 85.3 Å². The van der Waals surface area contributed by atoms with Gasteiger partial charge in [0.2, 0.25) is 0 Å². The van der Waals surface area contributed by atoms with E-state index >= 15 is 0 Å². The van der Waals surface area contributed by atoms with Crippen LogP contribution in [0.5, 0.6) is 0 Å². The number of carbonyl (C=O) groups is 1. The zero-order chi connectivity index (χ0) is 10.0. The van der Waals surface area contributed by atoms with Crippen LogP contribution in [0, 0.1) is 0 Å². The first-order chi connectivity index (χ1) is 6.70. The number of hydrogen-bond donors (Lipinski definition) is 0. The first-order valence-corrected chi connectivity index (χ1v) is 5.60. The quantitative estimate of drug-likeness (QED) is 0.554. The molecule has 1 aliphatic carbocycles. The van der Waals surface area contributed by atoms with Gasteiger partial charge < -0.3 is 4.74 Å². The number of carbonyl (C=O) groups excluding carboxylic acids is 1. The topological polar surface area (TPSA) is 26.3 Å². The number of ether oxygens (including phenoxy) is 1. The van der Waals surface area contributed by atoms with E-state index in [1.807, 2.05) is 6.92 Å². The largest absolute Gasteiger partial charge is 0.456 e. The molecule has 2 heteroatoms. The van der Waals surface area contributed by atoms with Gasteiger partial charge in [-0.05, 0) is 32.6 Å². The molecule has 0 saturated heterocycles. The second-order valence-corrected chi connectivity index (χ2v) is 4.69. The lowest BCUT2D eigenvalue weighted by Crippen LogP contribution is -2.37. The summed E-state index contributed by atoms with van der Waals surface area (Å²) >= 11 is 0. The van der Waals surface area contributed by atoms with Crippen molar-refractivity contribution in [2.45, 2.75) is 57.5 Å². The molecule has 0 radical (unpaired) electrons. The van der Waals surface area contributed by atoms with Gasteiger partial charge in [-0.1, -0.05) is 18.4 Å². The molecule has 0 bridgehead atoms. The Morgan fingerprint density at radius 1 is 1.21 bits per heavy atom. The van der Waals surface area contributed by atoms with Crippen LogP contribution in [0.1, 0.15) is 51.9 Å². The second kappa shape index (κ2) is 3.76. The third kappa shape index (κ3) is 1.99. The smallest absolute Gasteiger partial charge is 0.331 e. The molecular formula is C12H18O2. The van der Waals surface area contributed by atoms with Crippen molar-refractivity contribution in [2.24, 2.45) is 0 Å². The first kappa shape index (κ1) is 9.75. The Balaban J connectivity index is 2.14. The van der Waals surface area contributed by atoms with Crippen LogP contribution in [0.2, 0.25) is 0 Å². The molecule has 2 rings (SSSR count). The maximum atomic E-state index is 11.4. The van der Waals surface area contributed by atoms with E-state index in [9.17, 15) is 4.79 Å². The number of rotatable bonds is 0. The van der Waals surface area contributed by atoms with Gasteiger partial charge in [-0.15, -0.1) is 0 Å². The lowest BCUT2D eigenvalue weighted by Gasteiger charge is -2.35. The SMILES string of the molecule is CC1=CC(=O)OC2(CCCCCC2)C1. The van der Waals surface area contributed by atoms with Crippen molar-refractivity contribution >= 4 is 5.97 Å². The highest BCUT2D eigenvalue weighted by Gasteiger charge is 2.37. The van der Waals surface area contributed by atoms with Crippen molar-refractivity contribution in [2.75, 3.05) is 0 Å². The van der Waals surface area contributed by atoms with Gasteiger partial charge in [0.25, 0.3) is 0 Å². The van der Waals surface area contributed by atoms with Gasteiger partial charge in [0.1, 0.15) is 5.60 Å². The van der Waals surface area contributed by atoms with E-state index in [1.54, 1.807) is 6.08 Å². The normalized spacial score (nSPS) is 26.6. The van der Waals surface area contributed by atoms with Gasteiger partial charge in [-0.3, -0.25) is 0 Å². The van der Waals surface area contributed by atoms with Crippen LogP contribution >= 0.6 is 0 Å². The number of hydrogen-bond acceptors (Lipinski definition) is 2. The van der Waals surface area contributed by atoms with Crippen molar-refractivity contribution in [3.8, 4) is 0 Å². The summed E-state index contributed by atoms with van der Waals surface area (Å²) in [4.78, 5) is 11.4. The van der Waals surface area contributed by atoms with Gasteiger partial charge >= 0.3 is 5.97 Å². The maximum Gasteiger partial charge on any atom is 0.331 e. The lowest BCUT2D eigenvalue weighted by atomic mass is 9.86. The van der Waals surface area contributed by atoms with E-state index in [1.165, 1.54) is 31.3 Å². The summed E-state index contributed by atoms with van der Waals surface area (Å²) in [5.74, 6) is -0.129. The van der Waals surface area contributed by atoms with Crippen LogP contribution in [0.15, 0.2) is 11.6 Å². The maximum absolute atomic E-state index is 11.4. The van der Waals surface area contributed by atoms with Crippen LogP contribution in [0.4, 0.5) is 0 Å². The molecule has 1 aliphatic heterocycles. The van der Waals surface area contributed by atoms with Crippen molar-refractivity contribution in [3.05, 3.63) is 11.6 Å². The fourth-order valence-electron chi connectivity index (χ4n) is 2.69. The summed E-state index contributed by atoms with van der Waals surface area (Å²) in [6.45, 7) is 2.03. The van der Waals surface area contributed by atoms with E-state index in [0.29, 0.717) is 0 Å². The van der Waals surface area contributed by atoms with Gasteiger partial charge in [0.05, 0.1) is 0 Å². The predicted octanol–water partition coefficient (Wildman–Crippen LogP) is 2.97. The third-order valence-electron chi connectivity index (χ3n) is 3.30. The van der Waals surface area contributed by atoms with E-state index in [4.69, 9.17) is 4.74 Å². The van der Waals surface area contributed by atoms with Crippen molar-refractivity contribution in [1.82, 2.24) is 0 Å². The Morgan fingerprint density at radius 3 is 2.43 bits per heavy atom. The molecule has 0 atom stereocenters. The lowest BCUT2D eigenvalue weighted by molar-refractivity contribution is -0.157. The molecule has 78 valence electrons. The first-order valence-electron chi connectivity index (χ1n) is 5.60. The molecule has 14 heavy (non-hydrogen) atoms. The van der Waals surface area contributed by atoms with E-state index < -0.39 is 0 Å². The van der Waals surface area contributed by atoms with Gasteiger partial charge in [0.15, 0.2) is 0 Å². The Hall–Kier alpha value is -0.790. The van der Waals surface area contributed by atoms with E-state index in [-0.39, 0.29) is 11.6 Å². The van der Waals surface area contributed by atoms with Crippen LogP contribution in [-0.2, 0) is 9.53 Å². The third-order valence-corrected chi connectivity index (χ3v) is 3.30. The van der Waals surface area contributed by atoms with Crippen molar-refractivity contribution in [1.29, 1.82) is 0 Å². The molecule has 0 aromatic carbocycles. The molecule has 1 spiro atoms.